The predicted octanol–water partition coefficient (Wildman–Crippen LogP) is 9.87. The molecule has 0 aromatic heterocycles. The van der Waals surface area contributed by atoms with E-state index in [0.29, 0.717) is 6.42 Å². The summed E-state index contributed by atoms with van der Waals surface area (Å²) in [6, 6.07) is 33.3. The summed E-state index contributed by atoms with van der Waals surface area (Å²) >= 11 is 0. The van der Waals surface area contributed by atoms with Crippen LogP contribution in [0.4, 0.5) is 0 Å². The lowest BCUT2D eigenvalue weighted by atomic mass is 9.74. The van der Waals surface area contributed by atoms with E-state index in [1.54, 1.807) is 0 Å². The van der Waals surface area contributed by atoms with Gasteiger partial charge in [-0.15, -0.1) is 6.58 Å². The molecule has 196 valence electrons. The van der Waals surface area contributed by atoms with Crippen molar-refractivity contribution in [3.8, 4) is 22.3 Å². The van der Waals surface area contributed by atoms with Crippen LogP contribution < -0.4 is 0 Å². The van der Waals surface area contributed by atoms with Gasteiger partial charge in [0.15, 0.2) is 0 Å². The SMILES string of the molecule is C=CC1(CCC(=O)O)c2ccccc2-c2ccc(-c3ccc4ccc5cc(C(C)(C)C)cc6ccc3c4c56)cc21. The molecule has 1 N–H and O–H groups in total. The Labute approximate surface area is 234 Å². The fourth-order valence-electron chi connectivity index (χ4n) is 6.97. The molecule has 0 fully saturated rings. The summed E-state index contributed by atoms with van der Waals surface area (Å²) in [7, 11) is 0. The lowest BCUT2D eigenvalue weighted by Crippen LogP contribution is -2.23. The number of allylic oxidation sites excluding steroid dienone is 1. The van der Waals surface area contributed by atoms with Gasteiger partial charge in [-0.2, -0.15) is 0 Å². The number of carbonyl (C=O) groups is 1. The van der Waals surface area contributed by atoms with Crippen LogP contribution in [-0.2, 0) is 15.6 Å². The highest BCUT2D eigenvalue weighted by Gasteiger charge is 2.41. The van der Waals surface area contributed by atoms with Crippen LogP contribution in [0.2, 0.25) is 0 Å². The van der Waals surface area contributed by atoms with Crippen LogP contribution in [-0.4, -0.2) is 11.1 Å². The lowest BCUT2D eigenvalue weighted by molar-refractivity contribution is -0.137. The topological polar surface area (TPSA) is 37.3 Å². The zero-order chi connectivity index (χ0) is 27.8. The average molecular weight is 521 g/mol. The van der Waals surface area contributed by atoms with Crippen LogP contribution in [0.3, 0.4) is 0 Å². The molecule has 6 aromatic rings. The predicted molar refractivity (Wildman–Crippen MR) is 168 cm³/mol. The van der Waals surface area contributed by atoms with Gasteiger partial charge in [0.25, 0.3) is 0 Å². The Balaban J connectivity index is 1.46. The Morgan fingerprint density at radius 3 is 2.15 bits per heavy atom. The van der Waals surface area contributed by atoms with Crippen LogP contribution >= 0.6 is 0 Å². The second kappa shape index (κ2) is 8.53. The van der Waals surface area contributed by atoms with Crippen molar-refractivity contribution in [3.63, 3.8) is 0 Å². The molecule has 0 heterocycles. The number of hydrogen-bond acceptors (Lipinski definition) is 1. The van der Waals surface area contributed by atoms with E-state index in [1.165, 1.54) is 49.0 Å². The number of benzene rings is 6. The molecule has 7 rings (SSSR count). The number of hydrogen-bond donors (Lipinski definition) is 1. The molecule has 1 aliphatic rings. The highest BCUT2D eigenvalue weighted by atomic mass is 16.4. The normalized spacial score (nSPS) is 16.5. The van der Waals surface area contributed by atoms with Crippen LogP contribution in [0.15, 0.2) is 104 Å². The molecule has 0 amide bonds. The van der Waals surface area contributed by atoms with Crippen LogP contribution in [0.1, 0.15) is 50.3 Å². The first-order valence-corrected chi connectivity index (χ1v) is 14.0. The Bertz CT molecular complexity index is 1970. The molecule has 6 aromatic carbocycles. The molecule has 1 aliphatic carbocycles. The number of rotatable bonds is 5. The Morgan fingerprint density at radius 1 is 0.775 bits per heavy atom. The maximum absolute atomic E-state index is 11.7. The summed E-state index contributed by atoms with van der Waals surface area (Å²) < 4.78 is 0. The van der Waals surface area contributed by atoms with Crippen molar-refractivity contribution < 1.29 is 9.90 Å². The third kappa shape index (κ3) is 3.45. The van der Waals surface area contributed by atoms with E-state index in [1.807, 2.05) is 12.1 Å². The van der Waals surface area contributed by atoms with E-state index in [0.717, 1.165) is 22.3 Å². The van der Waals surface area contributed by atoms with Gasteiger partial charge in [0, 0.05) is 11.8 Å². The highest BCUT2D eigenvalue weighted by Crippen LogP contribution is 2.53. The van der Waals surface area contributed by atoms with Crippen molar-refractivity contribution >= 4 is 38.3 Å². The summed E-state index contributed by atoms with van der Waals surface area (Å²) in [6.07, 6.45) is 2.52. The molecule has 0 saturated heterocycles. The number of carboxylic acid groups (broad SMARTS) is 1. The zero-order valence-corrected chi connectivity index (χ0v) is 23.2. The molecule has 0 aliphatic heterocycles. The molecule has 0 bridgehead atoms. The number of aliphatic carboxylic acids is 1. The van der Waals surface area contributed by atoms with Gasteiger partial charge in [-0.05, 0) is 89.2 Å². The minimum Gasteiger partial charge on any atom is -0.481 e. The van der Waals surface area contributed by atoms with Gasteiger partial charge in [0.05, 0.1) is 0 Å². The third-order valence-electron chi connectivity index (χ3n) is 9.06. The second-order valence-electron chi connectivity index (χ2n) is 12.3. The van der Waals surface area contributed by atoms with Gasteiger partial charge in [-0.25, -0.2) is 0 Å². The van der Waals surface area contributed by atoms with E-state index < -0.39 is 11.4 Å². The summed E-state index contributed by atoms with van der Waals surface area (Å²) in [5.74, 6) is -0.787. The maximum Gasteiger partial charge on any atom is 0.303 e. The standard InChI is InChI=1S/C38H32O2/c1-5-38(19-18-34(39)40)32-9-7-6-8-29(32)30-16-13-24(22-33(30)38)28-15-12-23-10-11-25-20-27(37(2,3)4)21-26-14-17-31(28)36(23)35(25)26/h5-17,20-22H,1,18-19H2,2-4H3,(H,39,40). The first-order valence-electron chi connectivity index (χ1n) is 14.0. The Kier molecular flexibility index (Phi) is 5.25. The zero-order valence-electron chi connectivity index (χ0n) is 23.2. The quantitative estimate of drug-likeness (QED) is 0.181. The Hall–Kier alpha value is -4.43. The molecule has 0 spiro atoms. The maximum atomic E-state index is 11.7. The smallest absolute Gasteiger partial charge is 0.303 e. The minimum absolute atomic E-state index is 0.0793. The molecule has 1 unspecified atom stereocenters. The van der Waals surface area contributed by atoms with Gasteiger partial charge in [0.2, 0.25) is 0 Å². The van der Waals surface area contributed by atoms with E-state index in [9.17, 15) is 9.90 Å². The van der Waals surface area contributed by atoms with E-state index >= 15 is 0 Å². The largest absolute Gasteiger partial charge is 0.481 e. The molecular weight excluding hydrogens is 488 g/mol. The lowest BCUT2D eigenvalue weighted by Gasteiger charge is -2.28. The molecular formula is C38H32O2. The summed E-state index contributed by atoms with van der Waals surface area (Å²) in [6.45, 7) is 11.0. The fourth-order valence-corrected chi connectivity index (χ4v) is 6.97. The molecule has 0 radical (unpaired) electrons. The first-order chi connectivity index (χ1) is 19.2. The Morgan fingerprint density at radius 2 is 1.43 bits per heavy atom. The average Bonchev–Trinajstić information content (AvgIpc) is 3.23. The van der Waals surface area contributed by atoms with Crippen molar-refractivity contribution in [2.45, 2.75) is 44.4 Å². The van der Waals surface area contributed by atoms with Gasteiger partial charge in [-0.3, -0.25) is 4.79 Å². The first kappa shape index (κ1) is 24.6. The number of fused-ring (bicyclic) bond motifs is 3. The molecule has 1 atom stereocenters. The van der Waals surface area contributed by atoms with Crippen LogP contribution in [0, 0.1) is 0 Å². The van der Waals surface area contributed by atoms with Gasteiger partial charge >= 0.3 is 5.97 Å². The van der Waals surface area contributed by atoms with Crippen molar-refractivity contribution in [2.75, 3.05) is 0 Å². The minimum atomic E-state index is -0.787. The second-order valence-corrected chi connectivity index (χ2v) is 12.3. The van der Waals surface area contributed by atoms with Crippen molar-refractivity contribution in [1.29, 1.82) is 0 Å². The van der Waals surface area contributed by atoms with Gasteiger partial charge in [-0.1, -0.05) is 112 Å². The summed E-state index contributed by atoms with van der Waals surface area (Å²) in [4.78, 5) is 11.7. The van der Waals surface area contributed by atoms with Crippen LogP contribution in [0.25, 0.3) is 54.6 Å². The van der Waals surface area contributed by atoms with Crippen molar-refractivity contribution in [3.05, 3.63) is 120 Å². The van der Waals surface area contributed by atoms with E-state index in [2.05, 4.69) is 112 Å². The van der Waals surface area contributed by atoms with Crippen LogP contribution in [0.5, 0.6) is 0 Å². The summed E-state index contributed by atoms with van der Waals surface area (Å²) in [5, 5.41) is 17.3. The van der Waals surface area contributed by atoms with Gasteiger partial charge < -0.3 is 5.11 Å². The monoisotopic (exact) mass is 520 g/mol. The highest BCUT2D eigenvalue weighted by molar-refractivity contribution is 6.25. The molecule has 2 nitrogen and oxygen atoms in total. The third-order valence-corrected chi connectivity index (χ3v) is 9.06. The molecule has 0 saturated carbocycles. The van der Waals surface area contributed by atoms with Gasteiger partial charge in [0.1, 0.15) is 0 Å². The van der Waals surface area contributed by atoms with E-state index in [4.69, 9.17) is 0 Å². The molecule has 40 heavy (non-hydrogen) atoms. The summed E-state index contributed by atoms with van der Waals surface area (Å²) in [5.41, 5.74) is 7.84. The van der Waals surface area contributed by atoms with Crippen molar-refractivity contribution in [2.24, 2.45) is 0 Å². The number of carboxylic acids is 1. The van der Waals surface area contributed by atoms with E-state index in [-0.39, 0.29) is 11.8 Å². The van der Waals surface area contributed by atoms with Crippen molar-refractivity contribution in [1.82, 2.24) is 0 Å². The fraction of sp³-hybridized carbons (Fsp3) is 0.184. The molecule has 2 heteroatoms.